The molecule has 0 aliphatic heterocycles. The Morgan fingerprint density at radius 2 is 1.73 bits per heavy atom. The zero-order valence-electron chi connectivity index (χ0n) is 13.5. The highest BCUT2D eigenvalue weighted by Crippen LogP contribution is 2.18. The lowest BCUT2D eigenvalue weighted by atomic mass is 10.2. The Bertz CT molecular complexity index is 566. The molecule has 1 aromatic carbocycles. The molecular formula is C16H25NO4S. The molecule has 0 saturated heterocycles. The Balaban J connectivity index is 2.96. The van der Waals surface area contributed by atoms with Crippen molar-refractivity contribution in [3.8, 4) is 0 Å². The number of benzene rings is 1. The molecule has 0 spiro atoms. The lowest BCUT2D eigenvalue weighted by molar-refractivity contribution is 0.130. The summed E-state index contributed by atoms with van der Waals surface area (Å²) in [5, 5.41) is 0. The maximum atomic E-state index is 12.6. The summed E-state index contributed by atoms with van der Waals surface area (Å²) in [4.78, 5) is 12.1. The first-order valence-electron chi connectivity index (χ1n) is 7.69. The number of unbranched alkanes of at least 4 members (excludes halogenated alkanes) is 3. The minimum absolute atomic E-state index is 0.113. The summed E-state index contributed by atoms with van der Waals surface area (Å²) < 4.78 is 31.0. The fraction of sp³-hybridized carbons (Fsp3) is 0.562. The van der Waals surface area contributed by atoms with E-state index >= 15 is 0 Å². The monoisotopic (exact) mass is 327 g/mol. The van der Waals surface area contributed by atoms with E-state index in [1.165, 1.54) is 12.1 Å². The molecular weight excluding hydrogens is 302 g/mol. The van der Waals surface area contributed by atoms with Gasteiger partial charge in [0.25, 0.3) is 10.0 Å². The SMILES string of the molecule is CCCCCCN(C(=O)OCC)S(=O)(=O)c1ccc(C)cc1. The molecule has 1 aromatic rings. The van der Waals surface area contributed by atoms with Gasteiger partial charge < -0.3 is 4.74 Å². The Hall–Kier alpha value is -1.56. The number of hydrogen-bond acceptors (Lipinski definition) is 4. The molecule has 0 atom stereocenters. The van der Waals surface area contributed by atoms with Crippen molar-refractivity contribution >= 4 is 16.1 Å². The van der Waals surface area contributed by atoms with Gasteiger partial charge in [0.1, 0.15) is 0 Å². The second-order valence-electron chi connectivity index (χ2n) is 5.15. The van der Waals surface area contributed by atoms with Crippen LogP contribution in [0.25, 0.3) is 0 Å². The van der Waals surface area contributed by atoms with E-state index in [9.17, 15) is 13.2 Å². The highest BCUT2D eigenvalue weighted by molar-refractivity contribution is 7.89. The number of ether oxygens (including phenoxy) is 1. The molecule has 5 nitrogen and oxygen atoms in total. The summed E-state index contributed by atoms with van der Waals surface area (Å²) in [6.45, 7) is 5.91. The summed E-state index contributed by atoms with van der Waals surface area (Å²) in [5.74, 6) is 0. The maximum absolute atomic E-state index is 12.6. The van der Waals surface area contributed by atoms with Crippen LogP contribution in [0.2, 0.25) is 0 Å². The minimum atomic E-state index is -3.87. The van der Waals surface area contributed by atoms with Gasteiger partial charge in [0, 0.05) is 6.54 Å². The Morgan fingerprint density at radius 3 is 2.27 bits per heavy atom. The summed E-state index contributed by atoms with van der Waals surface area (Å²) in [6, 6.07) is 6.46. The molecule has 0 unspecified atom stereocenters. The first kappa shape index (κ1) is 18.5. The third-order valence-electron chi connectivity index (χ3n) is 3.30. The summed E-state index contributed by atoms with van der Waals surface area (Å²) in [6.07, 6.45) is 2.78. The Kier molecular flexibility index (Phi) is 7.38. The quantitative estimate of drug-likeness (QED) is 0.683. The molecule has 124 valence electrons. The number of sulfonamides is 1. The third kappa shape index (κ3) is 5.02. The summed E-state index contributed by atoms with van der Waals surface area (Å²) in [5.41, 5.74) is 0.963. The van der Waals surface area contributed by atoms with Crippen LogP contribution in [0.5, 0.6) is 0 Å². The number of amides is 1. The summed E-state index contributed by atoms with van der Waals surface area (Å²) >= 11 is 0. The van der Waals surface area contributed by atoms with Crippen LogP contribution < -0.4 is 0 Å². The van der Waals surface area contributed by atoms with Gasteiger partial charge in [0.2, 0.25) is 0 Å². The zero-order chi connectivity index (χ0) is 16.6. The maximum Gasteiger partial charge on any atom is 0.423 e. The van der Waals surface area contributed by atoms with Crippen LogP contribution in [-0.2, 0) is 14.8 Å². The highest BCUT2D eigenvalue weighted by Gasteiger charge is 2.29. The normalized spacial score (nSPS) is 11.2. The van der Waals surface area contributed by atoms with Crippen LogP contribution in [0, 0.1) is 6.92 Å². The van der Waals surface area contributed by atoms with Crippen molar-refractivity contribution in [2.75, 3.05) is 13.2 Å². The van der Waals surface area contributed by atoms with Gasteiger partial charge in [-0.1, -0.05) is 43.9 Å². The van der Waals surface area contributed by atoms with E-state index in [0.717, 1.165) is 29.1 Å². The van der Waals surface area contributed by atoms with Gasteiger partial charge in [-0.2, -0.15) is 0 Å². The average molecular weight is 327 g/mol. The second kappa shape index (κ2) is 8.78. The van der Waals surface area contributed by atoms with E-state index in [4.69, 9.17) is 4.74 Å². The van der Waals surface area contributed by atoms with Crippen molar-refractivity contribution in [1.29, 1.82) is 0 Å². The van der Waals surface area contributed by atoms with Gasteiger partial charge in [-0.3, -0.25) is 0 Å². The molecule has 0 heterocycles. The van der Waals surface area contributed by atoms with Gasteiger partial charge in [0.15, 0.2) is 0 Å². The molecule has 0 radical (unpaired) electrons. The largest absolute Gasteiger partial charge is 0.449 e. The molecule has 0 N–H and O–H groups in total. The number of nitrogens with zero attached hydrogens (tertiary/aromatic N) is 1. The van der Waals surface area contributed by atoms with E-state index in [-0.39, 0.29) is 18.0 Å². The predicted octanol–water partition coefficient (Wildman–Crippen LogP) is 3.72. The van der Waals surface area contributed by atoms with Crippen molar-refractivity contribution in [1.82, 2.24) is 4.31 Å². The number of aryl methyl sites for hydroxylation is 1. The molecule has 0 aromatic heterocycles. The predicted molar refractivity (Wildman–Crippen MR) is 86.2 cm³/mol. The van der Waals surface area contributed by atoms with E-state index < -0.39 is 16.1 Å². The number of carbonyl (C=O) groups is 1. The van der Waals surface area contributed by atoms with Gasteiger partial charge in [-0.05, 0) is 32.4 Å². The molecule has 22 heavy (non-hydrogen) atoms. The van der Waals surface area contributed by atoms with E-state index in [1.54, 1.807) is 19.1 Å². The van der Waals surface area contributed by atoms with Crippen LogP contribution >= 0.6 is 0 Å². The molecule has 6 heteroatoms. The molecule has 0 aliphatic carbocycles. The summed E-state index contributed by atoms with van der Waals surface area (Å²) in [7, 11) is -3.87. The first-order valence-corrected chi connectivity index (χ1v) is 9.13. The number of rotatable bonds is 8. The van der Waals surface area contributed by atoms with Crippen LogP contribution in [0.4, 0.5) is 4.79 Å². The molecule has 0 fully saturated rings. The second-order valence-corrected chi connectivity index (χ2v) is 7.01. The van der Waals surface area contributed by atoms with Crippen molar-refractivity contribution in [2.45, 2.75) is 51.3 Å². The molecule has 0 bridgehead atoms. The average Bonchev–Trinajstić information content (AvgIpc) is 2.47. The lowest BCUT2D eigenvalue weighted by Gasteiger charge is -2.21. The fourth-order valence-corrected chi connectivity index (χ4v) is 3.38. The third-order valence-corrected chi connectivity index (χ3v) is 5.07. The van der Waals surface area contributed by atoms with Crippen LogP contribution in [0.1, 0.15) is 45.1 Å². The van der Waals surface area contributed by atoms with Crippen molar-refractivity contribution in [3.05, 3.63) is 29.8 Å². The van der Waals surface area contributed by atoms with Gasteiger partial charge >= 0.3 is 6.09 Å². The number of carbonyl (C=O) groups excluding carboxylic acids is 1. The molecule has 0 saturated carbocycles. The van der Waals surface area contributed by atoms with Gasteiger partial charge in [-0.25, -0.2) is 17.5 Å². The smallest absolute Gasteiger partial charge is 0.423 e. The highest BCUT2D eigenvalue weighted by atomic mass is 32.2. The lowest BCUT2D eigenvalue weighted by Crippen LogP contribution is -2.38. The van der Waals surface area contributed by atoms with Crippen molar-refractivity contribution < 1.29 is 17.9 Å². The van der Waals surface area contributed by atoms with Crippen molar-refractivity contribution in [2.24, 2.45) is 0 Å². The van der Waals surface area contributed by atoms with Crippen LogP contribution in [0.15, 0.2) is 29.2 Å². The molecule has 1 rings (SSSR count). The first-order chi connectivity index (χ1) is 10.4. The van der Waals surface area contributed by atoms with E-state index in [1.807, 2.05) is 6.92 Å². The zero-order valence-corrected chi connectivity index (χ0v) is 14.4. The Labute approximate surface area is 133 Å². The topological polar surface area (TPSA) is 63.7 Å². The van der Waals surface area contributed by atoms with Gasteiger partial charge in [-0.15, -0.1) is 0 Å². The molecule has 0 aliphatic rings. The fourth-order valence-electron chi connectivity index (χ4n) is 2.02. The van der Waals surface area contributed by atoms with E-state index in [0.29, 0.717) is 6.42 Å². The van der Waals surface area contributed by atoms with Gasteiger partial charge in [0.05, 0.1) is 11.5 Å². The molecule has 1 amide bonds. The van der Waals surface area contributed by atoms with Crippen LogP contribution in [0.3, 0.4) is 0 Å². The number of hydrogen-bond donors (Lipinski definition) is 0. The van der Waals surface area contributed by atoms with E-state index in [2.05, 4.69) is 6.92 Å². The Morgan fingerprint density at radius 1 is 1.09 bits per heavy atom. The standard InChI is InChI=1S/C16H25NO4S/c1-4-6-7-8-13-17(16(18)21-5-2)22(19,20)15-11-9-14(3)10-12-15/h9-12H,4-8,13H2,1-3H3. The van der Waals surface area contributed by atoms with Crippen molar-refractivity contribution in [3.63, 3.8) is 0 Å². The van der Waals surface area contributed by atoms with Crippen LogP contribution in [-0.4, -0.2) is 32.0 Å². The minimum Gasteiger partial charge on any atom is -0.449 e.